The summed E-state index contributed by atoms with van der Waals surface area (Å²) in [5.41, 5.74) is 3.12. The maximum atomic E-state index is 12.0. The van der Waals surface area contributed by atoms with Gasteiger partial charge in [-0.2, -0.15) is 0 Å². The van der Waals surface area contributed by atoms with Crippen LogP contribution in [0.25, 0.3) is 17.2 Å². The zero-order valence-electron chi connectivity index (χ0n) is 12.2. The molecule has 0 unspecified atom stereocenters. The fourth-order valence-corrected chi connectivity index (χ4v) is 3.34. The van der Waals surface area contributed by atoms with Crippen molar-refractivity contribution in [2.24, 2.45) is 0 Å². The second-order valence-corrected chi connectivity index (χ2v) is 6.80. The normalized spacial score (nSPS) is 10.8. The molecule has 23 heavy (non-hydrogen) atoms. The number of benzene rings is 2. The van der Waals surface area contributed by atoms with Crippen LogP contribution in [0.15, 0.2) is 76.6 Å². The van der Waals surface area contributed by atoms with Crippen LogP contribution in [0.4, 0.5) is 5.69 Å². The highest BCUT2D eigenvalue weighted by Crippen LogP contribution is 2.26. The maximum absolute atomic E-state index is 12.0. The van der Waals surface area contributed by atoms with Gasteiger partial charge in [-0.15, -0.1) is 11.3 Å². The van der Waals surface area contributed by atoms with Crippen LogP contribution in [-0.2, 0) is 4.79 Å². The molecule has 1 N–H and O–H groups in total. The number of carbonyl (C=O) groups is 1. The van der Waals surface area contributed by atoms with E-state index in [1.807, 2.05) is 48.5 Å². The van der Waals surface area contributed by atoms with Gasteiger partial charge in [-0.05, 0) is 46.8 Å². The number of halogens is 1. The van der Waals surface area contributed by atoms with E-state index in [9.17, 15) is 4.79 Å². The van der Waals surface area contributed by atoms with Crippen LogP contribution in [0.3, 0.4) is 0 Å². The SMILES string of the molecule is O=C(/C=C/c1cc(-c2ccccc2)cs1)Nc1cccc(Br)c1. The highest BCUT2D eigenvalue weighted by atomic mass is 79.9. The van der Waals surface area contributed by atoms with Crippen molar-refractivity contribution in [3.63, 3.8) is 0 Å². The first-order chi connectivity index (χ1) is 11.2. The Morgan fingerprint density at radius 2 is 1.83 bits per heavy atom. The van der Waals surface area contributed by atoms with E-state index in [4.69, 9.17) is 0 Å². The minimum Gasteiger partial charge on any atom is -0.322 e. The second-order valence-electron chi connectivity index (χ2n) is 4.94. The summed E-state index contributed by atoms with van der Waals surface area (Å²) in [5, 5.41) is 4.94. The number of thiophene rings is 1. The van der Waals surface area contributed by atoms with Gasteiger partial charge in [0.25, 0.3) is 0 Å². The Balaban J connectivity index is 1.66. The molecule has 0 saturated carbocycles. The third-order valence-corrected chi connectivity index (χ3v) is 4.61. The second kappa shape index (κ2) is 7.40. The van der Waals surface area contributed by atoms with E-state index in [-0.39, 0.29) is 5.91 Å². The van der Waals surface area contributed by atoms with E-state index in [1.165, 1.54) is 11.1 Å². The van der Waals surface area contributed by atoms with Crippen LogP contribution in [0.2, 0.25) is 0 Å². The van der Waals surface area contributed by atoms with E-state index in [0.717, 1.165) is 15.0 Å². The Kier molecular flexibility index (Phi) is 5.05. The summed E-state index contributed by atoms with van der Waals surface area (Å²) < 4.78 is 0.935. The molecule has 0 aliphatic heterocycles. The number of rotatable bonds is 4. The zero-order valence-corrected chi connectivity index (χ0v) is 14.6. The van der Waals surface area contributed by atoms with E-state index in [2.05, 4.69) is 44.8 Å². The summed E-state index contributed by atoms with van der Waals surface area (Å²) in [6, 6.07) is 19.8. The largest absolute Gasteiger partial charge is 0.322 e. The molecule has 0 bridgehead atoms. The number of nitrogens with one attached hydrogen (secondary N) is 1. The van der Waals surface area contributed by atoms with E-state index >= 15 is 0 Å². The van der Waals surface area contributed by atoms with Crippen LogP contribution in [0.5, 0.6) is 0 Å². The van der Waals surface area contributed by atoms with Gasteiger partial charge in [-0.1, -0.05) is 52.3 Å². The molecule has 1 amide bonds. The van der Waals surface area contributed by atoms with Crippen molar-refractivity contribution in [3.8, 4) is 11.1 Å². The molecular formula is C19H14BrNOS. The molecule has 0 aliphatic carbocycles. The average Bonchev–Trinajstić information content (AvgIpc) is 3.03. The minimum absolute atomic E-state index is 0.141. The topological polar surface area (TPSA) is 29.1 Å². The summed E-state index contributed by atoms with van der Waals surface area (Å²) in [6.45, 7) is 0. The lowest BCUT2D eigenvalue weighted by Gasteiger charge is -2.01. The molecule has 1 aromatic heterocycles. The van der Waals surface area contributed by atoms with E-state index < -0.39 is 0 Å². The van der Waals surface area contributed by atoms with Crippen molar-refractivity contribution in [2.45, 2.75) is 0 Å². The molecule has 4 heteroatoms. The van der Waals surface area contributed by atoms with Crippen molar-refractivity contribution in [2.75, 3.05) is 5.32 Å². The molecule has 2 nitrogen and oxygen atoms in total. The van der Waals surface area contributed by atoms with Gasteiger partial charge in [0.05, 0.1) is 0 Å². The summed E-state index contributed by atoms with van der Waals surface area (Å²) >= 11 is 5.01. The predicted octanol–water partition coefficient (Wildman–Crippen LogP) is 5.83. The number of amides is 1. The van der Waals surface area contributed by atoms with Gasteiger partial charge in [-0.25, -0.2) is 0 Å². The molecule has 3 aromatic rings. The van der Waals surface area contributed by atoms with Gasteiger partial charge in [0.2, 0.25) is 5.91 Å². The van der Waals surface area contributed by atoms with Gasteiger partial charge >= 0.3 is 0 Å². The fourth-order valence-electron chi connectivity index (χ4n) is 2.13. The smallest absolute Gasteiger partial charge is 0.248 e. The molecule has 0 spiro atoms. The van der Waals surface area contributed by atoms with Gasteiger partial charge in [0, 0.05) is 21.1 Å². The van der Waals surface area contributed by atoms with Gasteiger partial charge in [0.15, 0.2) is 0 Å². The minimum atomic E-state index is -0.141. The third kappa shape index (κ3) is 4.41. The average molecular weight is 384 g/mol. The molecule has 0 radical (unpaired) electrons. The van der Waals surface area contributed by atoms with Crippen LogP contribution in [0.1, 0.15) is 4.88 Å². The van der Waals surface area contributed by atoms with Crippen molar-refractivity contribution in [3.05, 3.63) is 81.5 Å². The summed E-state index contributed by atoms with van der Waals surface area (Å²) in [4.78, 5) is 13.0. The molecule has 0 atom stereocenters. The highest BCUT2D eigenvalue weighted by Gasteiger charge is 2.01. The fraction of sp³-hybridized carbons (Fsp3) is 0. The maximum Gasteiger partial charge on any atom is 0.248 e. The van der Waals surface area contributed by atoms with Crippen LogP contribution in [0, 0.1) is 0 Å². The van der Waals surface area contributed by atoms with Gasteiger partial charge in [0.1, 0.15) is 0 Å². The lowest BCUT2D eigenvalue weighted by Crippen LogP contribution is -2.07. The van der Waals surface area contributed by atoms with Crippen molar-refractivity contribution < 1.29 is 4.79 Å². The monoisotopic (exact) mass is 383 g/mol. The van der Waals surface area contributed by atoms with Crippen molar-refractivity contribution in [1.82, 2.24) is 0 Å². The first kappa shape index (κ1) is 15.7. The molecule has 0 fully saturated rings. The Bertz CT molecular complexity index is 839. The summed E-state index contributed by atoms with van der Waals surface area (Å²) in [5.74, 6) is -0.141. The lowest BCUT2D eigenvalue weighted by molar-refractivity contribution is -0.111. The molecule has 3 rings (SSSR count). The lowest BCUT2D eigenvalue weighted by atomic mass is 10.1. The Morgan fingerprint density at radius 1 is 1.00 bits per heavy atom. The quantitative estimate of drug-likeness (QED) is 0.564. The Labute approximate surface area is 147 Å². The third-order valence-electron chi connectivity index (χ3n) is 3.22. The van der Waals surface area contributed by atoms with Gasteiger partial charge in [-0.3, -0.25) is 4.79 Å². The van der Waals surface area contributed by atoms with Crippen LogP contribution < -0.4 is 5.32 Å². The Hall–Kier alpha value is -2.17. The molecule has 2 aromatic carbocycles. The Morgan fingerprint density at radius 3 is 2.61 bits per heavy atom. The molecule has 0 aliphatic rings. The highest BCUT2D eigenvalue weighted by molar-refractivity contribution is 9.10. The van der Waals surface area contributed by atoms with Crippen molar-refractivity contribution in [1.29, 1.82) is 0 Å². The molecular weight excluding hydrogens is 370 g/mol. The first-order valence-electron chi connectivity index (χ1n) is 7.09. The number of hydrogen-bond donors (Lipinski definition) is 1. The number of carbonyl (C=O) groups excluding carboxylic acids is 1. The summed E-state index contributed by atoms with van der Waals surface area (Å²) in [7, 11) is 0. The molecule has 1 heterocycles. The van der Waals surface area contributed by atoms with E-state index in [0.29, 0.717) is 0 Å². The van der Waals surface area contributed by atoms with E-state index in [1.54, 1.807) is 17.4 Å². The molecule has 0 saturated heterocycles. The molecule has 114 valence electrons. The summed E-state index contributed by atoms with van der Waals surface area (Å²) in [6.07, 6.45) is 3.39. The van der Waals surface area contributed by atoms with Crippen molar-refractivity contribution >= 4 is 44.9 Å². The van der Waals surface area contributed by atoms with Crippen LogP contribution in [-0.4, -0.2) is 5.91 Å². The standard InChI is InChI=1S/C19H14BrNOS/c20-16-7-4-8-17(12-16)21-19(22)10-9-18-11-15(13-23-18)14-5-2-1-3-6-14/h1-13H,(H,21,22)/b10-9+. The van der Waals surface area contributed by atoms with Gasteiger partial charge < -0.3 is 5.32 Å². The zero-order chi connectivity index (χ0) is 16.1. The van der Waals surface area contributed by atoms with Crippen LogP contribution >= 0.6 is 27.3 Å². The first-order valence-corrected chi connectivity index (χ1v) is 8.76. The number of hydrogen-bond acceptors (Lipinski definition) is 2. The predicted molar refractivity (Wildman–Crippen MR) is 102 cm³/mol. The number of anilines is 1.